The molecule has 16 heavy (non-hydrogen) atoms. The first-order chi connectivity index (χ1) is 7.59. The molecule has 0 saturated heterocycles. The molecule has 1 heteroatoms. The van der Waals surface area contributed by atoms with Crippen molar-refractivity contribution in [3.05, 3.63) is 0 Å². The van der Waals surface area contributed by atoms with Crippen LogP contribution in [0.25, 0.3) is 0 Å². The second-order valence-electron chi connectivity index (χ2n) is 5.94. The molecule has 1 nitrogen and oxygen atoms in total. The van der Waals surface area contributed by atoms with Crippen molar-refractivity contribution in [3.63, 3.8) is 0 Å². The quantitative estimate of drug-likeness (QED) is 0.673. The van der Waals surface area contributed by atoms with Gasteiger partial charge < -0.3 is 5.11 Å². The molecule has 0 aromatic heterocycles. The van der Waals surface area contributed by atoms with Gasteiger partial charge in [0.2, 0.25) is 0 Å². The van der Waals surface area contributed by atoms with Crippen LogP contribution in [0.3, 0.4) is 0 Å². The van der Waals surface area contributed by atoms with Crippen molar-refractivity contribution in [3.8, 4) is 11.8 Å². The largest absolute Gasteiger partial charge is 0.393 e. The van der Waals surface area contributed by atoms with E-state index in [2.05, 4.69) is 25.7 Å². The maximum absolute atomic E-state index is 10.1. The SMILES string of the molecule is CC#CC(C)C1CCC2C(O)CCCC12C. The highest BCUT2D eigenvalue weighted by molar-refractivity contribution is 5.09. The summed E-state index contributed by atoms with van der Waals surface area (Å²) in [6.45, 7) is 6.59. The van der Waals surface area contributed by atoms with E-state index in [1.807, 2.05) is 6.92 Å². The fourth-order valence-electron chi connectivity index (χ4n) is 4.34. The van der Waals surface area contributed by atoms with Gasteiger partial charge in [-0.05, 0) is 49.9 Å². The van der Waals surface area contributed by atoms with Crippen LogP contribution in [0.5, 0.6) is 0 Å². The molecular formula is C15H24O. The first-order valence-electron chi connectivity index (χ1n) is 6.70. The highest BCUT2D eigenvalue weighted by Gasteiger charge is 2.51. The number of fused-ring (bicyclic) bond motifs is 1. The van der Waals surface area contributed by atoms with Gasteiger partial charge in [-0.3, -0.25) is 0 Å². The Labute approximate surface area is 99.6 Å². The lowest BCUT2D eigenvalue weighted by Crippen LogP contribution is -2.41. The van der Waals surface area contributed by atoms with E-state index in [-0.39, 0.29) is 6.10 Å². The maximum Gasteiger partial charge on any atom is 0.0573 e. The Morgan fingerprint density at radius 1 is 1.31 bits per heavy atom. The lowest BCUT2D eigenvalue weighted by atomic mass is 9.62. The van der Waals surface area contributed by atoms with Crippen LogP contribution in [0.4, 0.5) is 0 Å². The fourth-order valence-corrected chi connectivity index (χ4v) is 4.34. The average Bonchev–Trinajstić information content (AvgIpc) is 2.57. The van der Waals surface area contributed by atoms with Gasteiger partial charge in [-0.25, -0.2) is 0 Å². The number of aliphatic hydroxyl groups excluding tert-OH is 1. The van der Waals surface area contributed by atoms with E-state index in [0.717, 1.165) is 6.42 Å². The number of hydrogen-bond donors (Lipinski definition) is 1. The van der Waals surface area contributed by atoms with Gasteiger partial charge in [0, 0.05) is 5.92 Å². The van der Waals surface area contributed by atoms with Crippen molar-refractivity contribution in [2.45, 2.75) is 59.0 Å². The van der Waals surface area contributed by atoms with E-state index in [0.29, 0.717) is 23.2 Å². The van der Waals surface area contributed by atoms with Crippen molar-refractivity contribution in [2.24, 2.45) is 23.2 Å². The lowest BCUT2D eigenvalue weighted by molar-refractivity contribution is -0.0224. The third-order valence-electron chi connectivity index (χ3n) is 5.14. The van der Waals surface area contributed by atoms with Crippen molar-refractivity contribution < 1.29 is 5.11 Å². The molecule has 0 spiro atoms. The van der Waals surface area contributed by atoms with Crippen LogP contribution in [0, 0.1) is 35.0 Å². The van der Waals surface area contributed by atoms with Crippen LogP contribution >= 0.6 is 0 Å². The monoisotopic (exact) mass is 220 g/mol. The first kappa shape index (κ1) is 12.0. The molecule has 90 valence electrons. The van der Waals surface area contributed by atoms with Crippen molar-refractivity contribution in [2.75, 3.05) is 0 Å². The minimum absolute atomic E-state index is 0.0504. The highest BCUT2D eigenvalue weighted by Crippen LogP contribution is 2.57. The van der Waals surface area contributed by atoms with Gasteiger partial charge in [-0.2, -0.15) is 0 Å². The Kier molecular flexibility index (Phi) is 3.31. The van der Waals surface area contributed by atoms with Gasteiger partial charge in [0.15, 0.2) is 0 Å². The van der Waals surface area contributed by atoms with Gasteiger partial charge in [0.05, 0.1) is 6.10 Å². The van der Waals surface area contributed by atoms with Crippen LogP contribution in [0.2, 0.25) is 0 Å². The normalized spacial score (nSPS) is 44.4. The predicted octanol–water partition coefficient (Wildman–Crippen LogP) is 3.22. The van der Waals surface area contributed by atoms with Crippen LogP contribution in [0.15, 0.2) is 0 Å². The molecule has 2 rings (SSSR count). The summed E-state index contributed by atoms with van der Waals surface area (Å²) in [6.07, 6.45) is 5.91. The Balaban J connectivity index is 2.20. The third-order valence-corrected chi connectivity index (χ3v) is 5.14. The molecule has 0 amide bonds. The summed E-state index contributed by atoms with van der Waals surface area (Å²) >= 11 is 0. The molecule has 2 aliphatic carbocycles. The van der Waals surface area contributed by atoms with E-state index in [4.69, 9.17) is 0 Å². The van der Waals surface area contributed by atoms with E-state index in [9.17, 15) is 5.11 Å². The summed E-state index contributed by atoms with van der Waals surface area (Å²) in [5, 5.41) is 10.1. The van der Waals surface area contributed by atoms with Crippen molar-refractivity contribution in [1.29, 1.82) is 0 Å². The van der Waals surface area contributed by atoms with Crippen LogP contribution in [0.1, 0.15) is 52.9 Å². The molecule has 0 bridgehead atoms. The highest BCUT2D eigenvalue weighted by atomic mass is 16.3. The van der Waals surface area contributed by atoms with Crippen LogP contribution < -0.4 is 0 Å². The topological polar surface area (TPSA) is 20.2 Å². The predicted molar refractivity (Wildman–Crippen MR) is 66.8 cm³/mol. The number of hydrogen-bond acceptors (Lipinski definition) is 1. The zero-order valence-corrected chi connectivity index (χ0v) is 10.8. The summed E-state index contributed by atoms with van der Waals surface area (Å²) < 4.78 is 0. The summed E-state index contributed by atoms with van der Waals surface area (Å²) in [7, 11) is 0. The minimum atomic E-state index is -0.0504. The minimum Gasteiger partial charge on any atom is -0.393 e. The van der Waals surface area contributed by atoms with Gasteiger partial charge in [0.25, 0.3) is 0 Å². The molecule has 0 aromatic rings. The number of aliphatic hydroxyl groups is 1. The number of rotatable bonds is 1. The average molecular weight is 220 g/mol. The molecule has 0 radical (unpaired) electrons. The molecule has 1 N–H and O–H groups in total. The smallest absolute Gasteiger partial charge is 0.0573 e. The zero-order valence-electron chi connectivity index (χ0n) is 10.8. The van der Waals surface area contributed by atoms with Gasteiger partial charge in [-0.1, -0.05) is 20.3 Å². The Hall–Kier alpha value is -0.480. The van der Waals surface area contributed by atoms with E-state index in [1.54, 1.807) is 0 Å². The molecule has 0 aromatic carbocycles. The maximum atomic E-state index is 10.1. The standard InChI is InChI=1S/C15H24O/c1-4-6-11(2)12-8-9-13-14(16)7-5-10-15(12,13)3/h11-14,16H,5,7-10H2,1-3H3. The second-order valence-corrected chi connectivity index (χ2v) is 5.94. The first-order valence-corrected chi connectivity index (χ1v) is 6.70. The Morgan fingerprint density at radius 2 is 2.06 bits per heavy atom. The second kappa shape index (κ2) is 4.41. The molecule has 0 heterocycles. The molecule has 0 aliphatic heterocycles. The molecule has 5 unspecified atom stereocenters. The zero-order chi connectivity index (χ0) is 11.8. The van der Waals surface area contributed by atoms with Gasteiger partial charge in [0.1, 0.15) is 0 Å². The fraction of sp³-hybridized carbons (Fsp3) is 0.867. The van der Waals surface area contributed by atoms with E-state index >= 15 is 0 Å². The van der Waals surface area contributed by atoms with Gasteiger partial charge >= 0.3 is 0 Å². The summed E-state index contributed by atoms with van der Waals surface area (Å²) in [6, 6.07) is 0. The molecule has 5 atom stereocenters. The Morgan fingerprint density at radius 3 is 2.75 bits per heavy atom. The van der Waals surface area contributed by atoms with Crippen molar-refractivity contribution in [1.82, 2.24) is 0 Å². The van der Waals surface area contributed by atoms with Gasteiger partial charge in [-0.15, -0.1) is 11.8 Å². The summed E-state index contributed by atoms with van der Waals surface area (Å²) in [5.41, 5.74) is 0.348. The Bertz CT molecular complexity index is 311. The summed E-state index contributed by atoms with van der Waals surface area (Å²) in [5.74, 6) is 8.10. The van der Waals surface area contributed by atoms with Crippen molar-refractivity contribution >= 4 is 0 Å². The third kappa shape index (κ3) is 1.78. The molecule has 2 fully saturated rings. The van der Waals surface area contributed by atoms with E-state index in [1.165, 1.54) is 25.7 Å². The lowest BCUT2D eigenvalue weighted by Gasteiger charge is -2.44. The molecule has 2 aliphatic rings. The molecule has 2 saturated carbocycles. The molecular weight excluding hydrogens is 196 g/mol. The van der Waals surface area contributed by atoms with Crippen LogP contribution in [-0.2, 0) is 0 Å². The van der Waals surface area contributed by atoms with Crippen LogP contribution in [-0.4, -0.2) is 11.2 Å². The summed E-state index contributed by atoms with van der Waals surface area (Å²) in [4.78, 5) is 0. The van der Waals surface area contributed by atoms with E-state index < -0.39 is 0 Å².